The minimum atomic E-state index is -0.235. The van der Waals surface area contributed by atoms with E-state index in [4.69, 9.17) is 0 Å². The smallest absolute Gasteiger partial charge is 0.136 e. The summed E-state index contributed by atoms with van der Waals surface area (Å²) in [6.07, 6.45) is 1.09. The largest absolute Gasteiger partial charge is 0.300 e. The Kier molecular flexibility index (Phi) is 4.32. The maximum absolute atomic E-state index is 11.4. The highest BCUT2D eigenvalue weighted by atomic mass is 16.1. The third kappa shape index (κ3) is 3.41. The van der Waals surface area contributed by atoms with Gasteiger partial charge in [0.15, 0.2) is 0 Å². The number of rotatable bonds is 5. The second kappa shape index (κ2) is 4.43. The molecule has 0 heterocycles. The first-order valence-corrected chi connectivity index (χ1v) is 5.36. The van der Waals surface area contributed by atoms with Crippen molar-refractivity contribution in [2.45, 2.75) is 53.5 Å². The third-order valence-electron chi connectivity index (χ3n) is 3.48. The van der Waals surface area contributed by atoms with Gasteiger partial charge in [0, 0.05) is 17.5 Å². The summed E-state index contributed by atoms with van der Waals surface area (Å²) in [5.41, 5.74) is -0.0616. The maximum Gasteiger partial charge on any atom is 0.136 e. The molecule has 0 aliphatic carbocycles. The lowest BCUT2D eigenvalue weighted by molar-refractivity contribution is -0.126. The standard InChI is InChI=1S/C12H25NO/c1-8-12(5,6)13(7)9-11(3,4)10(2)14/h8-9H2,1-7H3. The zero-order valence-corrected chi connectivity index (χ0v) is 10.8. The van der Waals surface area contributed by atoms with E-state index in [1.54, 1.807) is 6.92 Å². The fourth-order valence-electron chi connectivity index (χ4n) is 1.19. The summed E-state index contributed by atoms with van der Waals surface area (Å²) in [7, 11) is 2.09. The zero-order chi connectivity index (χ0) is 11.6. The van der Waals surface area contributed by atoms with E-state index >= 15 is 0 Å². The molecule has 0 aromatic heterocycles. The van der Waals surface area contributed by atoms with Gasteiger partial charge >= 0.3 is 0 Å². The number of nitrogens with zero attached hydrogens (tertiary/aromatic N) is 1. The topological polar surface area (TPSA) is 20.3 Å². The van der Waals surface area contributed by atoms with E-state index in [9.17, 15) is 4.79 Å². The minimum absolute atomic E-state index is 0.173. The van der Waals surface area contributed by atoms with Gasteiger partial charge in [-0.15, -0.1) is 0 Å². The first kappa shape index (κ1) is 13.6. The molecule has 2 nitrogen and oxygen atoms in total. The van der Waals surface area contributed by atoms with Gasteiger partial charge in [-0.3, -0.25) is 4.79 Å². The predicted molar refractivity (Wildman–Crippen MR) is 61.5 cm³/mol. The van der Waals surface area contributed by atoms with E-state index in [2.05, 4.69) is 32.7 Å². The van der Waals surface area contributed by atoms with Crippen molar-refractivity contribution in [3.63, 3.8) is 0 Å². The molecule has 0 N–H and O–H groups in total. The Morgan fingerprint density at radius 2 is 1.64 bits per heavy atom. The molecule has 0 spiro atoms. The summed E-state index contributed by atoms with van der Waals surface area (Å²) in [4.78, 5) is 13.7. The van der Waals surface area contributed by atoms with Crippen molar-refractivity contribution in [3.05, 3.63) is 0 Å². The lowest BCUT2D eigenvalue weighted by atomic mass is 9.86. The van der Waals surface area contributed by atoms with Crippen LogP contribution < -0.4 is 0 Å². The van der Waals surface area contributed by atoms with E-state index in [-0.39, 0.29) is 16.7 Å². The molecule has 0 aliphatic rings. The quantitative estimate of drug-likeness (QED) is 0.678. The Morgan fingerprint density at radius 3 is 1.93 bits per heavy atom. The van der Waals surface area contributed by atoms with Gasteiger partial charge in [0.05, 0.1) is 0 Å². The molecule has 0 saturated heterocycles. The fourth-order valence-corrected chi connectivity index (χ4v) is 1.19. The molecule has 84 valence electrons. The lowest BCUT2D eigenvalue weighted by Gasteiger charge is -2.39. The highest BCUT2D eigenvalue weighted by Gasteiger charge is 2.30. The van der Waals surface area contributed by atoms with Gasteiger partial charge in [0.1, 0.15) is 5.78 Å². The number of hydrogen-bond donors (Lipinski definition) is 0. The average molecular weight is 199 g/mol. The van der Waals surface area contributed by atoms with Gasteiger partial charge in [-0.1, -0.05) is 20.8 Å². The highest BCUT2D eigenvalue weighted by molar-refractivity contribution is 5.81. The first-order valence-electron chi connectivity index (χ1n) is 5.36. The van der Waals surface area contributed by atoms with Crippen LogP contribution in [-0.2, 0) is 4.79 Å². The van der Waals surface area contributed by atoms with Gasteiger partial charge in [-0.25, -0.2) is 0 Å². The molecule has 0 atom stereocenters. The van der Waals surface area contributed by atoms with Crippen molar-refractivity contribution in [3.8, 4) is 0 Å². The lowest BCUT2D eigenvalue weighted by Crippen LogP contribution is -2.47. The van der Waals surface area contributed by atoms with Crippen molar-refractivity contribution >= 4 is 5.78 Å². The van der Waals surface area contributed by atoms with Crippen LogP contribution in [0, 0.1) is 5.41 Å². The molecule has 0 unspecified atom stereocenters. The summed E-state index contributed by atoms with van der Waals surface area (Å²) in [5, 5.41) is 0. The number of carbonyl (C=O) groups is 1. The molecule has 14 heavy (non-hydrogen) atoms. The fraction of sp³-hybridized carbons (Fsp3) is 0.917. The summed E-state index contributed by atoms with van der Waals surface area (Å²) >= 11 is 0. The maximum atomic E-state index is 11.4. The number of carbonyl (C=O) groups excluding carboxylic acids is 1. The summed E-state index contributed by atoms with van der Waals surface area (Å²) in [5.74, 6) is 0.260. The van der Waals surface area contributed by atoms with Crippen LogP contribution in [0.25, 0.3) is 0 Å². The van der Waals surface area contributed by atoms with Crippen molar-refractivity contribution < 1.29 is 4.79 Å². The second-order valence-corrected chi connectivity index (χ2v) is 5.46. The molecular formula is C12H25NO. The monoisotopic (exact) mass is 199 g/mol. The average Bonchev–Trinajstić information content (AvgIpc) is 2.03. The Morgan fingerprint density at radius 1 is 1.21 bits per heavy atom. The molecule has 0 aliphatic heterocycles. The molecule has 0 amide bonds. The van der Waals surface area contributed by atoms with Crippen LogP contribution in [0.4, 0.5) is 0 Å². The molecule has 0 bridgehead atoms. The van der Waals surface area contributed by atoms with Crippen molar-refractivity contribution in [1.82, 2.24) is 4.90 Å². The SMILES string of the molecule is CCC(C)(C)N(C)CC(C)(C)C(C)=O. The predicted octanol–water partition coefficient (Wildman–Crippen LogP) is 2.72. The van der Waals surface area contributed by atoms with Crippen LogP contribution in [0.2, 0.25) is 0 Å². The minimum Gasteiger partial charge on any atom is -0.300 e. The van der Waals surface area contributed by atoms with Crippen molar-refractivity contribution in [2.24, 2.45) is 5.41 Å². The van der Waals surface area contributed by atoms with Crippen LogP contribution in [0.3, 0.4) is 0 Å². The molecule has 0 radical (unpaired) electrons. The summed E-state index contributed by atoms with van der Waals surface area (Å²) in [6.45, 7) is 13.1. The highest BCUT2D eigenvalue weighted by Crippen LogP contribution is 2.24. The van der Waals surface area contributed by atoms with E-state index < -0.39 is 0 Å². The molecule has 0 fully saturated rings. The Bertz CT molecular complexity index is 206. The molecule has 0 saturated carbocycles. The molecular weight excluding hydrogens is 174 g/mol. The second-order valence-electron chi connectivity index (χ2n) is 5.46. The number of Topliss-reactive ketones (excluding diaryl/α,β-unsaturated/α-hetero) is 1. The third-order valence-corrected chi connectivity index (χ3v) is 3.48. The van der Waals surface area contributed by atoms with Gasteiger partial charge in [-0.05, 0) is 34.2 Å². The van der Waals surface area contributed by atoms with E-state index in [1.165, 1.54) is 0 Å². The van der Waals surface area contributed by atoms with Gasteiger partial charge in [0.25, 0.3) is 0 Å². The summed E-state index contributed by atoms with van der Waals surface area (Å²) in [6, 6.07) is 0. The van der Waals surface area contributed by atoms with Crippen molar-refractivity contribution in [1.29, 1.82) is 0 Å². The van der Waals surface area contributed by atoms with Crippen LogP contribution >= 0.6 is 0 Å². The molecule has 0 rings (SSSR count). The Hall–Kier alpha value is -0.370. The molecule has 0 aromatic carbocycles. The summed E-state index contributed by atoms with van der Waals surface area (Å²) < 4.78 is 0. The molecule has 0 aromatic rings. The van der Waals surface area contributed by atoms with Crippen LogP contribution in [0.5, 0.6) is 0 Å². The number of hydrogen-bond acceptors (Lipinski definition) is 2. The van der Waals surface area contributed by atoms with E-state index in [1.807, 2.05) is 13.8 Å². The molecule has 2 heteroatoms. The van der Waals surface area contributed by atoms with Crippen molar-refractivity contribution in [2.75, 3.05) is 13.6 Å². The van der Waals surface area contributed by atoms with E-state index in [0.29, 0.717) is 0 Å². The van der Waals surface area contributed by atoms with Crippen LogP contribution in [0.15, 0.2) is 0 Å². The Balaban J connectivity index is 4.46. The normalized spacial score (nSPS) is 13.4. The zero-order valence-electron chi connectivity index (χ0n) is 10.8. The van der Waals surface area contributed by atoms with Gasteiger partial charge in [0.2, 0.25) is 0 Å². The Labute approximate surface area is 88.7 Å². The van der Waals surface area contributed by atoms with Crippen LogP contribution in [0.1, 0.15) is 48.0 Å². The first-order chi connectivity index (χ1) is 6.13. The number of ketones is 1. The van der Waals surface area contributed by atoms with Gasteiger partial charge < -0.3 is 4.90 Å². The van der Waals surface area contributed by atoms with E-state index in [0.717, 1.165) is 13.0 Å². The van der Waals surface area contributed by atoms with Gasteiger partial charge in [-0.2, -0.15) is 0 Å². The van der Waals surface area contributed by atoms with Crippen LogP contribution in [-0.4, -0.2) is 29.8 Å².